The Hall–Kier alpha value is -2.28. The fraction of sp³-hybridized carbons (Fsp3) is 0.381. The molecule has 2 aromatic rings. The van der Waals surface area contributed by atoms with Crippen LogP contribution in [-0.4, -0.2) is 51.7 Å². The molecule has 0 saturated heterocycles. The third kappa shape index (κ3) is 7.03. The van der Waals surface area contributed by atoms with Crippen LogP contribution in [0.1, 0.15) is 11.1 Å². The Morgan fingerprint density at radius 3 is 2.50 bits per heavy atom. The van der Waals surface area contributed by atoms with Gasteiger partial charge < -0.3 is 25.0 Å². The smallest absolute Gasteiger partial charge is 0.262 e. The molecule has 0 saturated carbocycles. The summed E-state index contributed by atoms with van der Waals surface area (Å²) in [6.07, 6.45) is 0. The second-order valence-corrected chi connectivity index (χ2v) is 7.18. The first-order chi connectivity index (χ1) is 13.4. The van der Waals surface area contributed by atoms with Gasteiger partial charge in [0, 0.05) is 36.4 Å². The van der Waals surface area contributed by atoms with E-state index >= 15 is 0 Å². The lowest BCUT2D eigenvalue weighted by atomic mass is 10.2. The van der Waals surface area contributed by atoms with Gasteiger partial charge in [0.2, 0.25) is 0 Å². The third-order valence-electron chi connectivity index (χ3n) is 4.08. The van der Waals surface area contributed by atoms with Crippen molar-refractivity contribution in [3.05, 3.63) is 52.5 Å². The number of carbonyl (C=O) groups is 1. The Labute approximate surface area is 171 Å². The number of ether oxygens (including phenoxy) is 2. The molecule has 2 aromatic carbocycles. The van der Waals surface area contributed by atoms with E-state index < -0.39 is 0 Å². The number of nitrogens with one attached hydrogen (secondary N) is 2. The molecular weight excluding hydrogens is 378 g/mol. The standard InChI is InChI=1S/C21H28ClN3O3/c1-15-5-7-17(8-6-15)24-21(26)14-28-20-12-18(22)16(11-19(20)27-4)13-23-9-10-25(2)3/h5-8,11-12,23H,9-10,13-14H2,1-4H3,(H,24,26). The quantitative estimate of drug-likeness (QED) is 0.594. The van der Waals surface area contributed by atoms with Gasteiger partial charge in [-0.05, 0) is 44.8 Å². The monoisotopic (exact) mass is 405 g/mol. The van der Waals surface area contributed by atoms with Crippen LogP contribution in [0.15, 0.2) is 36.4 Å². The van der Waals surface area contributed by atoms with Gasteiger partial charge >= 0.3 is 0 Å². The largest absolute Gasteiger partial charge is 0.493 e. The van der Waals surface area contributed by atoms with E-state index in [2.05, 4.69) is 15.5 Å². The molecule has 0 heterocycles. The highest BCUT2D eigenvalue weighted by Gasteiger charge is 2.12. The number of likely N-dealkylation sites (N-methyl/N-ethyl adjacent to an activating group) is 1. The number of benzene rings is 2. The molecule has 0 aliphatic rings. The average Bonchev–Trinajstić information content (AvgIpc) is 2.66. The lowest BCUT2D eigenvalue weighted by Gasteiger charge is -2.15. The van der Waals surface area contributed by atoms with E-state index in [9.17, 15) is 4.79 Å². The number of rotatable bonds is 10. The molecule has 1 amide bonds. The number of nitrogens with zero attached hydrogens (tertiary/aromatic N) is 1. The summed E-state index contributed by atoms with van der Waals surface area (Å²) in [5.74, 6) is 0.719. The Kier molecular flexibility index (Phi) is 8.57. The number of anilines is 1. The van der Waals surface area contributed by atoms with Crippen molar-refractivity contribution in [3.8, 4) is 11.5 Å². The van der Waals surface area contributed by atoms with Crippen LogP contribution in [0, 0.1) is 6.92 Å². The number of hydrogen-bond donors (Lipinski definition) is 2. The van der Waals surface area contributed by atoms with Gasteiger partial charge in [-0.15, -0.1) is 0 Å². The van der Waals surface area contributed by atoms with Gasteiger partial charge in [-0.25, -0.2) is 0 Å². The van der Waals surface area contributed by atoms with E-state index in [0.717, 1.165) is 29.9 Å². The molecular formula is C21H28ClN3O3. The molecule has 0 fully saturated rings. The summed E-state index contributed by atoms with van der Waals surface area (Å²) in [7, 11) is 5.61. The fourth-order valence-corrected chi connectivity index (χ4v) is 2.71. The predicted octanol–water partition coefficient (Wildman–Crippen LogP) is 3.33. The molecule has 0 aliphatic carbocycles. The van der Waals surface area contributed by atoms with Crippen LogP contribution in [0.2, 0.25) is 5.02 Å². The number of amides is 1. The molecule has 7 heteroatoms. The van der Waals surface area contributed by atoms with Gasteiger partial charge in [0.1, 0.15) is 0 Å². The molecule has 6 nitrogen and oxygen atoms in total. The summed E-state index contributed by atoms with van der Waals surface area (Å²) in [6, 6.07) is 11.1. The molecule has 2 rings (SSSR count). The van der Waals surface area contributed by atoms with Gasteiger partial charge in [-0.2, -0.15) is 0 Å². The Bertz CT molecular complexity index is 779. The van der Waals surface area contributed by atoms with Crippen molar-refractivity contribution in [1.82, 2.24) is 10.2 Å². The van der Waals surface area contributed by atoms with Crippen LogP contribution in [0.5, 0.6) is 11.5 Å². The van der Waals surface area contributed by atoms with Crippen molar-refractivity contribution in [1.29, 1.82) is 0 Å². The Balaban J connectivity index is 1.94. The van der Waals surface area contributed by atoms with Gasteiger partial charge in [0.15, 0.2) is 18.1 Å². The summed E-state index contributed by atoms with van der Waals surface area (Å²) >= 11 is 6.37. The minimum atomic E-state index is -0.253. The lowest BCUT2D eigenvalue weighted by molar-refractivity contribution is -0.118. The molecule has 28 heavy (non-hydrogen) atoms. The predicted molar refractivity (Wildman–Crippen MR) is 114 cm³/mol. The zero-order valence-electron chi connectivity index (χ0n) is 16.8. The second kappa shape index (κ2) is 10.9. The molecule has 0 aromatic heterocycles. The van der Waals surface area contributed by atoms with Crippen LogP contribution in [0.4, 0.5) is 5.69 Å². The Morgan fingerprint density at radius 2 is 1.86 bits per heavy atom. The minimum absolute atomic E-state index is 0.138. The maximum Gasteiger partial charge on any atom is 0.262 e. The Morgan fingerprint density at radius 1 is 1.14 bits per heavy atom. The van der Waals surface area contributed by atoms with Gasteiger partial charge in [0.05, 0.1) is 7.11 Å². The number of carbonyl (C=O) groups excluding carboxylic acids is 1. The molecule has 152 valence electrons. The van der Waals surface area contributed by atoms with Gasteiger partial charge in [-0.1, -0.05) is 29.3 Å². The van der Waals surface area contributed by atoms with Crippen molar-refractivity contribution in [2.45, 2.75) is 13.5 Å². The summed E-state index contributed by atoms with van der Waals surface area (Å²) in [6.45, 7) is 4.26. The SMILES string of the molecule is COc1cc(CNCCN(C)C)c(Cl)cc1OCC(=O)Nc1ccc(C)cc1. The zero-order chi connectivity index (χ0) is 20.5. The van der Waals surface area contributed by atoms with E-state index in [1.165, 1.54) is 0 Å². The highest BCUT2D eigenvalue weighted by Crippen LogP contribution is 2.33. The van der Waals surface area contributed by atoms with Crippen molar-refractivity contribution < 1.29 is 14.3 Å². The highest BCUT2D eigenvalue weighted by molar-refractivity contribution is 6.31. The molecule has 0 atom stereocenters. The van der Waals surface area contributed by atoms with Gasteiger partial charge in [-0.3, -0.25) is 4.79 Å². The van der Waals surface area contributed by atoms with E-state index in [-0.39, 0.29) is 12.5 Å². The number of methoxy groups -OCH3 is 1. The number of hydrogen-bond acceptors (Lipinski definition) is 5. The summed E-state index contributed by atoms with van der Waals surface area (Å²) in [5, 5.41) is 6.70. The number of aryl methyl sites for hydroxylation is 1. The molecule has 0 spiro atoms. The average molecular weight is 406 g/mol. The fourth-order valence-electron chi connectivity index (χ4n) is 2.49. The summed E-state index contributed by atoms with van der Waals surface area (Å²) < 4.78 is 11.0. The van der Waals surface area contributed by atoms with Gasteiger partial charge in [0.25, 0.3) is 5.91 Å². The van der Waals surface area contributed by atoms with Crippen LogP contribution >= 0.6 is 11.6 Å². The van der Waals surface area contributed by atoms with E-state index in [1.807, 2.05) is 51.4 Å². The molecule has 0 radical (unpaired) electrons. The van der Waals surface area contributed by atoms with Crippen molar-refractivity contribution in [2.75, 3.05) is 46.2 Å². The van der Waals surface area contributed by atoms with E-state index in [0.29, 0.717) is 23.1 Å². The normalized spacial score (nSPS) is 10.8. The van der Waals surface area contributed by atoms with E-state index in [4.69, 9.17) is 21.1 Å². The highest BCUT2D eigenvalue weighted by atomic mass is 35.5. The lowest BCUT2D eigenvalue weighted by Crippen LogP contribution is -2.26. The molecule has 2 N–H and O–H groups in total. The maximum atomic E-state index is 12.1. The first-order valence-electron chi connectivity index (χ1n) is 9.10. The van der Waals surface area contributed by atoms with Crippen molar-refractivity contribution in [2.24, 2.45) is 0 Å². The van der Waals surface area contributed by atoms with Crippen molar-refractivity contribution in [3.63, 3.8) is 0 Å². The summed E-state index contributed by atoms with van der Waals surface area (Å²) in [5.41, 5.74) is 2.77. The van der Waals surface area contributed by atoms with E-state index in [1.54, 1.807) is 13.2 Å². The zero-order valence-corrected chi connectivity index (χ0v) is 17.6. The molecule has 0 aliphatic heterocycles. The third-order valence-corrected chi connectivity index (χ3v) is 4.43. The first kappa shape index (κ1) is 22.0. The van der Waals surface area contributed by atoms with Crippen LogP contribution in [0.3, 0.4) is 0 Å². The number of halogens is 1. The first-order valence-corrected chi connectivity index (χ1v) is 9.48. The minimum Gasteiger partial charge on any atom is -0.493 e. The van der Waals surface area contributed by atoms with Crippen LogP contribution in [-0.2, 0) is 11.3 Å². The topological polar surface area (TPSA) is 62.8 Å². The van der Waals surface area contributed by atoms with Crippen LogP contribution in [0.25, 0.3) is 0 Å². The van der Waals surface area contributed by atoms with Crippen LogP contribution < -0.4 is 20.1 Å². The van der Waals surface area contributed by atoms with Crippen molar-refractivity contribution >= 4 is 23.2 Å². The maximum absolute atomic E-state index is 12.1. The second-order valence-electron chi connectivity index (χ2n) is 6.78. The summed E-state index contributed by atoms with van der Waals surface area (Å²) in [4.78, 5) is 14.2. The molecule has 0 unspecified atom stereocenters. The molecule has 0 bridgehead atoms.